The molecule has 14 rings (SSSR count). The fraction of sp³-hybridized carbons (Fsp3) is 0. The molecule has 14 aromatic rings. The first-order chi connectivity index (χ1) is 32.2. The molecule has 0 fully saturated rings. The van der Waals surface area contributed by atoms with Crippen molar-refractivity contribution in [1.82, 2.24) is 9.55 Å². The van der Waals surface area contributed by atoms with Crippen LogP contribution in [-0.4, -0.2) is 9.55 Å². The van der Waals surface area contributed by atoms with Gasteiger partial charge in [0.2, 0.25) is 0 Å². The first-order valence-corrected chi connectivity index (χ1v) is 22.7. The Balaban J connectivity index is 1.08. The lowest BCUT2D eigenvalue weighted by Gasteiger charge is -2.25. The summed E-state index contributed by atoms with van der Waals surface area (Å²) in [6.45, 7) is 0. The molecule has 6 heteroatoms. The second-order valence-corrected chi connectivity index (χ2v) is 17.7. The maximum absolute atomic E-state index is 6.47. The summed E-state index contributed by atoms with van der Waals surface area (Å²) in [4.78, 5) is 8.01. The van der Waals surface area contributed by atoms with E-state index in [1.807, 2.05) is 41.7 Å². The third-order valence-corrected chi connectivity index (χ3v) is 14.2. The molecule has 0 saturated carbocycles. The van der Waals surface area contributed by atoms with E-state index in [1.54, 1.807) is 0 Å². The average Bonchev–Trinajstić information content (AvgIpc) is 4.13. The Morgan fingerprint density at radius 2 is 1.05 bits per heavy atom. The Morgan fingerprint density at radius 1 is 0.400 bits per heavy atom. The van der Waals surface area contributed by atoms with Crippen molar-refractivity contribution in [3.05, 3.63) is 212 Å². The van der Waals surface area contributed by atoms with E-state index in [0.717, 1.165) is 106 Å². The number of hydrogen-bond donors (Lipinski definition) is 0. The topological polar surface area (TPSA) is 47.3 Å². The minimum absolute atomic E-state index is 0.822. The highest BCUT2D eigenvalue weighted by Gasteiger charge is 2.23. The van der Waals surface area contributed by atoms with E-state index in [-0.39, 0.29) is 0 Å². The molecule has 304 valence electrons. The Morgan fingerprint density at radius 3 is 1.86 bits per heavy atom. The van der Waals surface area contributed by atoms with Gasteiger partial charge in [0.25, 0.3) is 0 Å². The zero-order chi connectivity index (χ0) is 42.6. The molecular weight excluding hydrogens is 815 g/mol. The molecule has 0 unspecified atom stereocenters. The maximum Gasteiger partial charge on any atom is 0.138 e. The van der Waals surface area contributed by atoms with Crippen LogP contribution in [0.1, 0.15) is 0 Å². The zero-order valence-corrected chi connectivity index (χ0v) is 35.6. The molecular formula is C59H35N3O2S. The van der Waals surface area contributed by atoms with Gasteiger partial charge in [-0.1, -0.05) is 115 Å². The van der Waals surface area contributed by atoms with E-state index in [1.165, 1.54) is 25.6 Å². The summed E-state index contributed by atoms with van der Waals surface area (Å²) in [6.07, 6.45) is 0. The van der Waals surface area contributed by atoms with Gasteiger partial charge in [-0.3, -0.25) is 4.57 Å². The number of fused-ring (bicyclic) bond motifs is 13. The van der Waals surface area contributed by atoms with E-state index in [4.69, 9.17) is 13.8 Å². The van der Waals surface area contributed by atoms with E-state index >= 15 is 0 Å². The van der Waals surface area contributed by atoms with Gasteiger partial charge < -0.3 is 13.7 Å². The maximum atomic E-state index is 6.47. The molecule has 0 bridgehead atoms. The van der Waals surface area contributed by atoms with E-state index in [2.05, 4.69) is 191 Å². The van der Waals surface area contributed by atoms with Crippen molar-refractivity contribution in [3.63, 3.8) is 0 Å². The van der Waals surface area contributed by atoms with Crippen molar-refractivity contribution >= 4 is 114 Å². The fourth-order valence-corrected chi connectivity index (χ4v) is 11.3. The molecule has 0 aliphatic carbocycles. The van der Waals surface area contributed by atoms with Crippen LogP contribution >= 0.6 is 11.3 Å². The number of aromatic nitrogens is 2. The number of rotatable bonds is 6. The fourth-order valence-electron chi connectivity index (χ4n) is 10.1. The van der Waals surface area contributed by atoms with Crippen LogP contribution in [0, 0.1) is 0 Å². The molecule has 0 aliphatic rings. The number of furan rings is 2. The lowest BCUT2D eigenvalue weighted by molar-refractivity contribution is 0.668. The Hall–Kier alpha value is -8.45. The van der Waals surface area contributed by atoms with Gasteiger partial charge in [0, 0.05) is 75.1 Å². The summed E-state index contributed by atoms with van der Waals surface area (Å²) in [5.41, 5.74) is 12.8. The molecule has 5 nitrogen and oxygen atoms in total. The van der Waals surface area contributed by atoms with Crippen molar-refractivity contribution in [2.24, 2.45) is 0 Å². The van der Waals surface area contributed by atoms with Crippen LogP contribution in [0.2, 0.25) is 0 Å². The number of pyridine rings is 1. The highest BCUT2D eigenvalue weighted by molar-refractivity contribution is 7.26. The van der Waals surface area contributed by atoms with Crippen LogP contribution < -0.4 is 4.90 Å². The second-order valence-electron chi connectivity index (χ2n) is 16.7. The van der Waals surface area contributed by atoms with Gasteiger partial charge in [-0.15, -0.1) is 11.3 Å². The van der Waals surface area contributed by atoms with E-state index < -0.39 is 0 Å². The standard InChI is InChI=1S/C59H35N3O2S/c1-3-14-38(15-4-1)61(39-16-5-2-6-17-39)40-27-30-49-47(35-40)58-50(31-29-44-43-19-9-12-25-55(43)65-59(44)58)62(49)56-34-37(36-26-28-42-41-18-7-10-22-51(41)64-54(42)33-36)32-48(60-56)45-21-13-24-53-57(45)46-20-8-11-23-52(46)63-53/h1-35H. The highest BCUT2D eigenvalue weighted by atomic mass is 32.1. The molecule has 65 heavy (non-hydrogen) atoms. The summed E-state index contributed by atoms with van der Waals surface area (Å²) >= 11 is 1.86. The van der Waals surface area contributed by atoms with Crippen LogP contribution in [-0.2, 0) is 0 Å². The Bertz CT molecular complexity index is 4160. The highest BCUT2D eigenvalue weighted by Crippen LogP contribution is 2.46. The van der Waals surface area contributed by atoms with E-state index in [0.29, 0.717) is 0 Å². The predicted octanol–water partition coefficient (Wildman–Crippen LogP) is 17.1. The zero-order valence-electron chi connectivity index (χ0n) is 34.8. The second kappa shape index (κ2) is 14.0. The molecule has 0 saturated heterocycles. The third kappa shape index (κ3) is 5.54. The minimum Gasteiger partial charge on any atom is -0.456 e. The largest absolute Gasteiger partial charge is 0.456 e. The summed E-state index contributed by atoms with van der Waals surface area (Å²) < 4.78 is 17.8. The van der Waals surface area contributed by atoms with Gasteiger partial charge in [-0.05, 0) is 108 Å². The molecule has 5 aromatic heterocycles. The molecule has 0 atom stereocenters. The molecule has 0 spiro atoms. The molecule has 0 aliphatic heterocycles. The SMILES string of the molecule is c1ccc(N(c2ccccc2)c2ccc3c(c2)c2c4sc5ccccc5c4ccc2n3-c2cc(-c3ccc4c(c3)oc3ccccc34)cc(-c3cccc4oc5ccccc5c34)n2)cc1. The lowest BCUT2D eigenvalue weighted by Crippen LogP contribution is -2.09. The van der Waals surface area contributed by atoms with Crippen molar-refractivity contribution in [3.8, 4) is 28.2 Å². The number of hydrogen-bond acceptors (Lipinski definition) is 5. The summed E-state index contributed by atoms with van der Waals surface area (Å²) in [6, 6.07) is 75.3. The first kappa shape index (κ1) is 36.1. The van der Waals surface area contributed by atoms with Crippen LogP contribution in [0.25, 0.3) is 114 Å². The minimum atomic E-state index is 0.822. The number of anilines is 3. The average molecular weight is 850 g/mol. The first-order valence-electron chi connectivity index (χ1n) is 21.9. The molecule has 0 N–H and O–H groups in total. The predicted molar refractivity (Wildman–Crippen MR) is 272 cm³/mol. The Kier molecular flexibility index (Phi) is 7.79. The van der Waals surface area contributed by atoms with E-state index in [9.17, 15) is 0 Å². The Labute approximate surface area is 376 Å². The normalized spacial score (nSPS) is 12.0. The van der Waals surface area contributed by atoms with Gasteiger partial charge in [0.1, 0.15) is 28.1 Å². The van der Waals surface area contributed by atoms with Crippen molar-refractivity contribution in [1.29, 1.82) is 0 Å². The molecule has 0 amide bonds. The number of para-hydroxylation sites is 4. The van der Waals surface area contributed by atoms with Crippen LogP contribution in [0.5, 0.6) is 0 Å². The van der Waals surface area contributed by atoms with Crippen LogP contribution in [0.15, 0.2) is 221 Å². The molecule has 5 heterocycles. The number of nitrogens with zero attached hydrogens (tertiary/aromatic N) is 3. The quantitative estimate of drug-likeness (QED) is 0.167. The summed E-state index contributed by atoms with van der Waals surface area (Å²) in [7, 11) is 0. The van der Waals surface area contributed by atoms with Crippen molar-refractivity contribution in [2.45, 2.75) is 0 Å². The smallest absolute Gasteiger partial charge is 0.138 e. The van der Waals surface area contributed by atoms with Crippen molar-refractivity contribution in [2.75, 3.05) is 4.90 Å². The van der Waals surface area contributed by atoms with Crippen LogP contribution in [0.3, 0.4) is 0 Å². The van der Waals surface area contributed by atoms with Gasteiger partial charge in [0.05, 0.1) is 16.7 Å². The number of thiophene rings is 1. The summed E-state index contributed by atoms with van der Waals surface area (Å²) in [5, 5.41) is 9.21. The molecule has 9 aromatic carbocycles. The van der Waals surface area contributed by atoms with Gasteiger partial charge in [-0.25, -0.2) is 4.98 Å². The van der Waals surface area contributed by atoms with Gasteiger partial charge in [0.15, 0.2) is 0 Å². The van der Waals surface area contributed by atoms with Gasteiger partial charge >= 0.3 is 0 Å². The lowest BCUT2D eigenvalue weighted by atomic mass is 9.99. The number of benzene rings is 9. The summed E-state index contributed by atoms with van der Waals surface area (Å²) in [5.74, 6) is 0.822. The van der Waals surface area contributed by atoms with Crippen molar-refractivity contribution < 1.29 is 8.83 Å². The molecule has 0 radical (unpaired) electrons. The van der Waals surface area contributed by atoms with Crippen LogP contribution in [0.4, 0.5) is 17.1 Å². The third-order valence-electron chi connectivity index (χ3n) is 13.0. The monoisotopic (exact) mass is 849 g/mol. The van der Waals surface area contributed by atoms with Gasteiger partial charge in [-0.2, -0.15) is 0 Å².